The van der Waals surface area contributed by atoms with E-state index in [1.54, 1.807) is 33.8 Å². The van der Waals surface area contributed by atoms with Crippen molar-refractivity contribution in [3.05, 3.63) is 22.8 Å². The number of esters is 4. The first kappa shape index (κ1) is 34.7. The minimum Gasteiger partial charge on any atom is -0.459 e. The Morgan fingerprint density at radius 3 is 2.19 bits per heavy atom. The Bertz CT molecular complexity index is 1150. The van der Waals surface area contributed by atoms with E-state index in [1.807, 2.05) is 0 Å². The van der Waals surface area contributed by atoms with Gasteiger partial charge in [0.2, 0.25) is 0 Å². The molecule has 0 aromatic heterocycles. The van der Waals surface area contributed by atoms with E-state index >= 15 is 0 Å². The van der Waals surface area contributed by atoms with Crippen LogP contribution < -0.4 is 0 Å². The third-order valence-electron chi connectivity index (χ3n) is 9.16. The van der Waals surface area contributed by atoms with Crippen LogP contribution in [0.5, 0.6) is 0 Å². The van der Waals surface area contributed by atoms with Gasteiger partial charge in [-0.2, -0.15) is 0 Å². The van der Waals surface area contributed by atoms with Crippen molar-refractivity contribution in [3.8, 4) is 0 Å². The summed E-state index contributed by atoms with van der Waals surface area (Å²) in [5.74, 6) is -4.23. The van der Waals surface area contributed by atoms with Gasteiger partial charge in [-0.1, -0.05) is 45.6 Å². The quantitative estimate of drug-likeness (QED) is 0.0978. The summed E-state index contributed by atoms with van der Waals surface area (Å²) in [6.07, 6.45) is 0.561. The predicted octanol–water partition coefficient (Wildman–Crippen LogP) is 3.36. The molecule has 0 radical (unpaired) electrons. The molecule has 1 heterocycles. The van der Waals surface area contributed by atoms with E-state index in [0.717, 1.165) is 32.6 Å². The number of ether oxygens (including phenoxy) is 4. The number of allylic oxidation sites excluding steroid dienone is 1. The maximum atomic E-state index is 13.1. The molecule has 0 spiro atoms. The molecular weight excluding hydrogens is 560 g/mol. The van der Waals surface area contributed by atoms with Crippen LogP contribution >= 0.6 is 0 Å². The molecule has 242 valence electrons. The van der Waals surface area contributed by atoms with Crippen LogP contribution in [0.25, 0.3) is 0 Å². The predicted molar refractivity (Wildman–Crippen MR) is 154 cm³/mol. The molecule has 0 unspecified atom stereocenters. The molecule has 2 fully saturated rings. The lowest BCUT2D eigenvalue weighted by molar-refractivity contribution is -0.208. The number of unbranched alkanes of at least 4 members (excludes halogenated alkanes) is 4. The molecule has 0 amide bonds. The zero-order valence-electron chi connectivity index (χ0n) is 26.4. The van der Waals surface area contributed by atoms with Crippen molar-refractivity contribution in [3.63, 3.8) is 0 Å². The summed E-state index contributed by atoms with van der Waals surface area (Å²) >= 11 is 0. The third kappa shape index (κ3) is 6.54. The fraction of sp³-hybridized carbons (Fsp3) is 0.750. The van der Waals surface area contributed by atoms with Crippen LogP contribution in [0.1, 0.15) is 106 Å². The second-order valence-electron chi connectivity index (χ2n) is 12.5. The number of carbonyl (C=O) groups excluding carboxylic acids is 4. The highest BCUT2D eigenvalue weighted by Gasteiger charge is 2.75. The van der Waals surface area contributed by atoms with Gasteiger partial charge < -0.3 is 34.3 Å². The molecule has 0 aromatic rings. The summed E-state index contributed by atoms with van der Waals surface area (Å²) in [4.78, 5) is 51.7. The Labute approximate surface area is 253 Å². The van der Waals surface area contributed by atoms with Gasteiger partial charge in [-0.3, -0.25) is 9.59 Å². The largest absolute Gasteiger partial charge is 0.459 e. The lowest BCUT2D eigenvalue weighted by Crippen LogP contribution is -2.64. The third-order valence-corrected chi connectivity index (χ3v) is 9.16. The smallest absolute Gasteiger partial charge is 0.341 e. The molecule has 3 rings (SSSR count). The summed E-state index contributed by atoms with van der Waals surface area (Å²) in [5.41, 5.74) is -6.17. The van der Waals surface area contributed by atoms with Crippen LogP contribution in [0.15, 0.2) is 22.8 Å². The molecule has 0 bridgehead atoms. The molecule has 1 aliphatic heterocycles. The van der Waals surface area contributed by atoms with Crippen molar-refractivity contribution >= 4 is 23.9 Å². The maximum Gasteiger partial charge on any atom is 0.341 e. The van der Waals surface area contributed by atoms with E-state index in [1.165, 1.54) is 6.92 Å². The van der Waals surface area contributed by atoms with Gasteiger partial charge in [-0.15, -0.1) is 0 Å². The molecule has 0 aromatic carbocycles. The number of rotatable bonds is 12. The van der Waals surface area contributed by atoms with Crippen molar-refractivity contribution in [2.75, 3.05) is 0 Å². The van der Waals surface area contributed by atoms with Gasteiger partial charge in [-0.25, -0.2) is 9.59 Å². The molecule has 3 N–H and O–H groups in total. The zero-order chi connectivity index (χ0) is 32.3. The first-order valence-corrected chi connectivity index (χ1v) is 15.4. The summed E-state index contributed by atoms with van der Waals surface area (Å²) in [7, 11) is 0. The molecule has 2 aliphatic carbocycles. The highest BCUT2D eigenvalue weighted by atomic mass is 16.6. The first-order valence-electron chi connectivity index (χ1n) is 15.4. The highest BCUT2D eigenvalue weighted by molar-refractivity contribution is 5.88. The molecule has 1 saturated carbocycles. The molecule has 3 aliphatic rings. The topological polar surface area (TPSA) is 166 Å². The Balaban J connectivity index is 2.12. The highest BCUT2D eigenvalue weighted by Crippen LogP contribution is 2.56. The van der Waals surface area contributed by atoms with E-state index < -0.39 is 77.4 Å². The van der Waals surface area contributed by atoms with Crippen molar-refractivity contribution < 1.29 is 53.4 Å². The van der Waals surface area contributed by atoms with E-state index in [4.69, 9.17) is 18.9 Å². The van der Waals surface area contributed by atoms with Gasteiger partial charge in [0.25, 0.3) is 0 Å². The van der Waals surface area contributed by atoms with Crippen LogP contribution in [0.4, 0.5) is 0 Å². The second-order valence-corrected chi connectivity index (χ2v) is 12.5. The van der Waals surface area contributed by atoms with Gasteiger partial charge in [0, 0.05) is 24.8 Å². The Morgan fingerprint density at radius 1 is 0.953 bits per heavy atom. The average Bonchev–Trinajstić information content (AvgIpc) is 3.27. The number of carbonyl (C=O) groups is 4. The summed E-state index contributed by atoms with van der Waals surface area (Å²) in [5, 5.41) is 35.5. The minimum absolute atomic E-state index is 0.00229. The molecule has 11 heteroatoms. The maximum absolute atomic E-state index is 13.1. The van der Waals surface area contributed by atoms with Crippen molar-refractivity contribution in [1.82, 2.24) is 0 Å². The molecule has 43 heavy (non-hydrogen) atoms. The minimum atomic E-state index is -2.53. The normalized spacial score (nSPS) is 35.5. The number of aliphatic hydroxyl groups is 3. The van der Waals surface area contributed by atoms with Gasteiger partial charge in [0.05, 0.1) is 11.5 Å². The SMILES string of the molecule is C/C=C(/C)C(=O)O[C@H]1C(C)=C2[C@H]([C@@H]1OC(=O)CCCCCCC)[C@@](C)(O)C[C@H](OC(=O)CCC)[C@@]1(O)[C@H]2OC(=O)[C@@]1(C)O. The van der Waals surface area contributed by atoms with E-state index in [0.29, 0.717) is 18.4 Å². The lowest BCUT2D eigenvalue weighted by Gasteiger charge is -2.40. The standard InChI is InChI=1S/C32H48O11/c1-8-11-12-13-14-16-22(34)41-26-24-23(19(5)25(26)42-28(35)18(4)10-3)27-32(39,31(7,38)29(36)43-27)20(17-30(24,6)37)40-21(33)15-9-2/h10,20,24-27,37-39H,8-9,11-17H2,1-7H3/b18-10-/t20-,24+,25-,26-,27-,30-,31+,32+/m0/s1. The fourth-order valence-corrected chi connectivity index (χ4v) is 6.49. The Morgan fingerprint density at radius 2 is 1.58 bits per heavy atom. The number of hydrogen-bond acceptors (Lipinski definition) is 11. The molecular formula is C32H48O11. The number of fused-ring (bicyclic) bond motifs is 3. The first-order chi connectivity index (χ1) is 20.1. The van der Waals surface area contributed by atoms with Gasteiger partial charge in [0.1, 0.15) is 6.10 Å². The number of hydrogen-bond donors (Lipinski definition) is 3. The Hall–Kier alpha value is -2.76. The molecule has 11 nitrogen and oxygen atoms in total. The lowest BCUT2D eigenvalue weighted by atomic mass is 9.75. The van der Waals surface area contributed by atoms with Crippen LogP contribution in [-0.4, -0.2) is 80.4 Å². The summed E-state index contributed by atoms with van der Waals surface area (Å²) < 4.78 is 23.0. The van der Waals surface area contributed by atoms with Gasteiger partial charge in [0.15, 0.2) is 29.5 Å². The fourth-order valence-electron chi connectivity index (χ4n) is 6.49. The average molecular weight is 609 g/mol. The second kappa shape index (κ2) is 13.5. The van der Waals surface area contributed by atoms with Crippen LogP contribution in [0, 0.1) is 5.92 Å². The van der Waals surface area contributed by atoms with Gasteiger partial charge >= 0.3 is 23.9 Å². The van der Waals surface area contributed by atoms with Crippen LogP contribution in [0.2, 0.25) is 0 Å². The zero-order valence-corrected chi connectivity index (χ0v) is 26.4. The monoisotopic (exact) mass is 608 g/mol. The van der Waals surface area contributed by atoms with Crippen molar-refractivity contribution in [1.29, 1.82) is 0 Å². The van der Waals surface area contributed by atoms with E-state index in [2.05, 4.69) is 6.92 Å². The molecule has 8 atom stereocenters. The Kier molecular flexibility index (Phi) is 10.9. The summed E-state index contributed by atoms with van der Waals surface area (Å²) in [6.45, 7) is 11.2. The van der Waals surface area contributed by atoms with Crippen LogP contribution in [-0.2, 0) is 38.1 Å². The van der Waals surface area contributed by atoms with E-state index in [-0.39, 0.29) is 24.0 Å². The molecule has 1 saturated heterocycles. The summed E-state index contributed by atoms with van der Waals surface area (Å²) in [6, 6.07) is 0. The van der Waals surface area contributed by atoms with Crippen molar-refractivity contribution in [2.24, 2.45) is 5.92 Å². The van der Waals surface area contributed by atoms with Crippen molar-refractivity contribution in [2.45, 2.75) is 147 Å². The van der Waals surface area contributed by atoms with Gasteiger partial charge in [-0.05, 0) is 58.6 Å². The van der Waals surface area contributed by atoms with E-state index in [9.17, 15) is 34.5 Å². The van der Waals surface area contributed by atoms with Crippen LogP contribution in [0.3, 0.4) is 0 Å².